The monoisotopic (exact) mass is 422 g/mol. The van der Waals surface area contributed by atoms with Gasteiger partial charge in [0.25, 0.3) is 5.91 Å². The third kappa shape index (κ3) is 4.36. The number of carbonyl (C=O) groups is 1. The molecule has 0 radical (unpaired) electrons. The Morgan fingerprint density at radius 2 is 1.86 bits per heavy atom. The molecule has 0 aliphatic carbocycles. The third-order valence-corrected chi connectivity index (χ3v) is 6.48. The molecule has 0 aliphatic heterocycles. The first kappa shape index (κ1) is 19.7. The minimum atomic E-state index is -0.0130. The zero-order valence-corrected chi connectivity index (χ0v) is 18.0. The number of nitrogens with one attached hydrogen (secondary N) is 1. The number of imidazole rings is 1. The van der Waals surface area contributed by atoms with Gasteiger partial charge in [0.15, 0.2) is 5.16 Å². The molecular formula is C22H22N4OS2. The largest absolute Gasteiger partial charge is 0.337 e. The Morgan fingerprint density at radius 1 is 1.10 bits per heavy atom. The maximum atomic E-state index is 13.2. The van der Waals surface area contributed by atoms with Gasteiger partial charge in [-0.15, -0.1) is 11.3 Å². The minimum absolute atomic E-state index is 0.0130. The molecule has 0 atom stereocenters. The number of H-pyrrole nitrogens is 1. The Hall–Kier alpha value is -2.64. The first-order chi connectivity index (χ1) is 14.2. The average molecular weight is 423 g/mol. The standard InChI is InChI=1S/C22H22N4OS2/c1-3-26(13-14-28-22-24-17-11-7-8-12-18(17)25-22)21(27)19-20(29-15(2)23-19)16-9-5-4-6-10-16/h4-12H,3,13-14H2,1-2H3,(H,24,25). The highest BCUT2D eigenvalue weighted by atomic mass is 32.2. The number of aromatic nitrogens is 3. The van der Waals surface area contributed by atoms with E-state index in [1.54, 1.807) is 23.1 Å². The molecular weight excluding hydrogens is 400 g/mol. The fourth-order valence-electron chi connectivity index (χ4n) is 3.16. The minimum Gasteiger partial charge on any atom is -0.337 e. The second kappa shape index (κ2) is 8.80. The summed E-state index contributed by atoms with van der Waals surface area (Å²) in [6.07, 6.45) is 0. The number of benzene rings is 2. The number of aryl methyl sites for hydroxylation is 1. The molecule has 4 aromatic rings. The Balaban J connectivity index is 1.46. The number of rotatable bonds is 7. The topological polar surface area (TPSA) is 61.9 Å². The average Bonchev–Trinajstić information content (AvgIpc) is 3.34. The molecule has 7 heteroatoms. The third-order valence-electron chi connectivity index (χ3n) is 4.61. The molecule has 0 saturated carbocycles. The van der Waals surface area contributed by atoms with Crippen molar-refractivity contribution in [3.05, 3.63) is 65.3 Å². The number of thiazole rings is 1. The van der Waals surface area contributed by atoms with Gasteiger partial charge < -0.3 is 9.88 Å². The van der Waals surface area contributed by atoms with Gasteiger partial charge in [-0.05, 0) is 31.5 Å². The van der Waals surface area contributed by atoms with Crippen LogP contribution in [-0.4, -0.2) is 44.6 Å². The summed E-state index contributed by atoms with van der Waals surface area (Å²) in [6, 6.07) is 18.0. The first-order valence-corrected chi connectivity index (χ1v) is 11.4. The number of hydrogen-bond acceptors (Lipinski definition) is 5. The van der Waals surface area contributed by atoms with Crippen LogP contribution in [0.4, 0.5) is 0 Å². The van der Waals surface area contributed by atoms with E-state index in [-0.39, 0.29) is 5.91 Å². The van der Waals surface area contributed by atoms with E-state index in [0.717, 1.165) is 37.4 Å². The van der Waals surface area contributed by atoms with Crippen LogP contribution in [0.2, 0.25) is 0 Å². The Bertz CT molecular complexity index is 1090. The Kier molecular flexibility index (Phi) is 5.97. The molecule has 4 rings (SSSR count). The number of amides is 1. The van der Waals surface area contributed by atoms with Crippen LogP contribution in [0.25, 0.3) is 21.5 Å². The van der Waals surface area contributed by atoms with Gasteiger partial charge in [-0.1, -0.05) is 54.2 Å². The molecule has 1 N–H and O–H groups in total. The quantitative estimate of drug-likeness (QED) is 0.413. The lowest BCUT2D eigenvalue weighted by molar-refractivity contribution is 0.0770. The highest BCUT2D eigenvalue weighted by Crippen LogP contribution is 2.31. The zero-order chi connectivity index (χ0) is 20.2. The fourth-order valence-corrected chi connectivity index (χ4v) is 4.93. The molecule has 2 aromatic heterocycles. The highest BCUT2D eigenvalue weighted by Gasteiger charge is 2.22. The lowest BCUT2D eigenvalue weighted by atomic mass is 10.1. The van der Waals surface area contributed by atoms with Gasteiger partial charge in [0.05, 0.1) is 20.9 Å². The molecule has 0 spiro atoms. The van der Waals surface area contributed by atoms with Crippen LogP contribution in [0.15, 0.2) is 59.8 Å². The number of aromatic amines is 1. The van der Waals surface area contributed by atoms with E-state index >= 15 is 0 Å². The molecule has 0 saturated heterocycles. The lowest BCUT2D eigenvalue weighted by Crippen LogP contribution is -2.33. The van der Waals surface area contributed by atoms with Crippen molar-refractivity contribution < 1.29 is 4.79 Å². The fraction of sp³-hybridized carbons (Fsp3) is 0.227. The second-order valence-corrected chi connectivity index (χ2v) is 8.86. The molecule has 2 heterocycles. The van der Waals surface area contributed by atoms with E-state index in [4.69, 9.17) is 0 Å². The summed E-state index contributed by atoms with van der Waals surface area (Å²) in [7, 11) is 0. The van der Waals surface area contributed by atoms with Crippen molar-refractivity contribution in [1.29, 1.82) is 0 Å². The van der Waals surface area contributed by atoms with Crippen LogP contribution in [0.5, 0.6) is 0 Å². The molecule has 0 aliphatic rings. The summed E-state index contributed by atoms with van der Waals surface area (Å²) in [6.45, 7) is 5.24. The molecule has 1 amide bonds. The van der Waals surface area contributed by atoms with Crippen LogP contribution < -0.4 is 0 Å². The summed E-state index contributed by atoms with van der Waals surface area (Å²) in [5.41, 5.74) is 3.58. The SMILES string of the molecule is CCN(CCSc1nc2ccccc2[nH]1)C(=O)c1nc(C)sc1-c1ccccc1. The maximum absolute atomic E-state index is 13.2. The number of thioether (sulfide) groups is 1. The zero-order valence-electron chi connectivity index (χ0n) is 16.4. The number of para-hydroxylation sites is 2. The molecule has 0 unspecified atom stereocenters. The van der Waals surface area contributed by atoms with Gasteiger partial charge in [0.1, 0.15) is 5.69 Å². The second-order valence-electron chi connectivity index (χ2n) is 6.57. The molecule has 0 fully saturated rings. The van der Waals surface area contributed by atoms with Crippen molar-refractivity contribution in [2.75, 3.05) is 18.8 Å². The number of nitrogens with zero attached hydrogens (tertiary/aromatic N) is 3. The van der Waals surface area contributed by atoms with E-state index in [1.165, 1.54) is 0 Å². The van der Waals surface area contributed by atoms with Crippen LogP contribution in [-0.2, 0) is 0 Å². The van der Waals surface area contributed by atoms with Crippen molar-refractivity contribution >= 4 is 40.0 Å². The maximum Gasteiger partial charge on any atom is 0.274 e. The number of carbonyl (C=O) groups excluding carboxylic acids is 1. The number of hydrogen-bond donors (Lipinski definition) is 1. The first-order valence-electron chi connectivity index (χ1n) is 9.55. The molecule has 29 heavy (non-hydrogen) atoms. The van der Waals surface area contributed by atoms with Crippen LogP contribution in [0, 0.1) is 6.92 Å². The normalized spacial score (nSPS) is 11.1. The van der Waals surface area contributed by atoms with Gasteiger partial charge in [0.2, 0.25) is 0 Å². The Morgan fingerprint density at radius 3 is 2.62 bits per heavy atom. The summed E-state index contributed by atoms with van der Waals surface area (Å²) >= 11 is 3.20. The van der Waals surface area contributed by atoms with Crippen molar-refractivity contribution in [2.24, 2.45) is 0 Å². The van der Waals surface area contributed by atoms with Crippen molar-refractivity contribution in [2.45, 2.75) is 19.0 Å². The highest BCUT2D eigenvalue weighted by molar-refractivity contribution is 7.99. The number of fused-ring (bicyclic) bond motifs is 1. The molecule has 5 nitrogen and oxygen atoms in total. The predicted molar refractivity (Wildman–Crippen MR) is 121 cm³/mol. The van der Waals surface area contributed by atoms with Crippen molar-refractivity contribution in [3.8, 4) is 10.4 Å². The molecule has 148 valence electrons. The van der Waals surface area contributed by atoms with E-state index in [2.05, 4.69) is 15.0 Å². The van der Waals surface area contributed by atoms with Gasteiger partial charge in [-0.25, -0.2) is 9.97 Å². The van der Waals surface area contributed by atoms with Crippen molar-refractivity contribution in [1.82, 2.24) is 19.9 Å². The Labute approximate surface area is 178 Å². The van der Waals surface area contributed by atoms with Crippen LogP contribution >= 0.6 is 23.1 Å². The summed E-state index contributed by atoms with van der Waals surface area (Å²) in [5.74, 6) is 0.754. The van der Waals surface area contributed by atoms with Crippen molar-refractivity contribution in [3.63, 3.8) is 0 Å². The summed E-state index contributed by atoms with van der Waals surface area (Å²) < 4.78 is 0. The van der Waals surface area contributed by atoms with Gasteiger partial charge in [0, 0.05) is 18.8 Å². The van der Waals surface area contributed by atoms with E-state index in [9.17, 15) is 4.79 Å². The molecule has 2 aromatic carbocycles. The van der Waals surface area contributed by atoms with Crippen LogP contribution in [0.3, 0.4) is 0 Å². The van der Waals surface area contributed by atoms with Gasteiger partial charge in [-0.2, -0.15) is 0 Å². The van der Waals surface area contributed by atoms with Gasteiger partial charge in [-0.3, -0.25) is 4.79 Å². The smallest absolute Gasteiger partial charge is 0.274 e. The van der Waals surface area contributed by atoms with E-state index < -0.39 is 0 Å². The molecule has 0 bridgehead atoms. The summed E-state index contributed by atoms with van der Waals surface area (Å²) in [5, 5.41) is 1.78. The summed E-state index contributed by atoms with van der Waals surface area (Å²) in [4.78, 5) is 28.5. The predicted octanol–water partition coefficient (Wildman–Crippen LogP) is 5.25. The van der Waals surface area contributed by atoms with E-state index in [1.807, 2.05) is 73.3 Å². The van der Waals surface area contributed by atoms with Crippen LogP contribution in [0.1, 0.15) is 22.4 Å². The van der Waals surface area contributed by atoms with Gasteiger partial charge >= 0.3 is 0 Å². The lowest BCUT2D eigenvalue weighted by Gasteiger charge is -2.20. The van der Waals surface area contributed by atoms with E-state index in [0.29, 0.717) is 18.8 Å².